The number of aliphatic hydroxyl groups is 1. The Morgan fingerprint density at radius 2 is 2.09 bits per heavy atom. The largest absolute Gasteiger partial charge is 0.497 e. The minimum atomic E-state index is 0.235. The molecule has 1 aromatic carbocycles. The van der Waals surface area contributed by atoms with Crippen LogP contribution in [0, 0.1) is 12.8 Å². The summed E-state index contributed by atoms with van der Waals surface area (Å²) in [5.74, 6) is 3.34. The van der Waals surface area contributed by atoms with E-state index in [0.29, 0.717) is 25.0 Å². The van der Waals surface area contributed by atoms with Crippen molar-refractivity contribution >= 4 is 34.3 Å². The molecule has 3 N–H and O–H groups in total. The number of ether oxygens (including phenoxy) is 2. The van der Waals surface area contributed by atoms with Crippen LogP contribution < -0.4 is 15.4 Å². The topological polar surface area (TPSA) is 101 Å². The van der Waals surface area contributed by atoms with Gasteiger partial charge in [-0.25, -0.2) is 9.98 Å². The van der Waals surface area contributed by atoms with E-state index in [-0.39, 0.29) is 12.6 Å². The first kappa shape index (κ1) is 22.8. The van der Waals surface area contributed by atoms with E-state index in [1.807, 2.05) is 19.1 Å². The van der Waals surface area contributed by atoms with Crippen LogP contribution in [0.15, 0.2) is 23.2 Å². The van der Waals surface area contributed by atoms with Gasteiger partial charge in [-0.05, 0) is 43.7 Å². The molecule has 9 heteroatoms. The maximum atomic E-state index is 9.54. The third kappa shape index (κ3) is 5.16. The van der Waals surface area contributed by atoms with Crippen molar-refractivity contribution in [3.05, 3.63) is 35.0 Å². The summed E-state index contributed by atoms with van der Waals surface area (Å²) in [6.45, 7) is 3.44. The summed E-state index contributed by atoms with van der Waals surface area (Å²) in [6.07, 6.45) is 2.97. The average molecular weight is 458 g/mol. The zero-order valence-electron chi connectivity index (χ0n) is 18.9. The molecule has 4 rings (SSSR count). The summed E-state index contributed by atoms with van der Waals surface area (Å²) in [4.78, 5) is 14.5. The van der Waals surface area contributed by atoms with Gasteiger partial charge in [0.2, 0.25) is 5.95 Å². The first-order chi connectivity index (χ1) is 15.6. The fourth-order valence-electron chi connectivity index (χ4n) is 4.16. The summed E-state index contributed by atoms with van der Waals surface area (Å²) < 4.78 is 10.5. The lowest BCUT2D eigenvalue weighted by Gasteiger charge is -2.22. The summed E-state index contributed by atoms with van der Waals surface area (Å²) in [6, 6.07) is 6.29. The summed E-state index contributed by atoms with van der Waals surface area (Å²) in [5, 5.41) is 17.3. The van der Waals surface area contributed by atoms with Crippen molar-refractivity contribution in [2.75, 3.05) is 44.6 Å². The van der Waals surface area contributed by atoms with Gasteiger partial charge in [-0.3, -0.25) is 0 Å². The normalized spacial score (nSPS) is 19.9. The van der Waals surface area contributed by atoms with Gasteiger partial charge in [0, 0.05) is 38.1 Å². The predicted octanol–water partition coefficient (Wildman–Crippen LogP) is 3.75. The van der Waals surface area contributed by atoms with Gasteiger partial charge < -0.3 is 25.2 Å². The van der Waals surface area contributed by atoms with E-state index in [1.165, 1.54) is 5.56 Å². The monoisotopic (exact) mass is 457 g/mol. The standard InChI is InChI=1S/C23H31N5O3S/c1-14-20(22-27-19-11-18(31-3)7-5-16(19)13-32-22)21(26-17-6-4-15(10-17)12-29)28-23(25-14)24-8-9-30-2/h5,7,11,15,17,29H,4,6,8-10,12-13H2,1-3H3,(H2,24,25,26,28). The molecular weight excluding hydrogens is 426 g/mol. The second-order valence-electron chi connectivity index (χ2n) is 8.18. The van der Waals surface area contributed by atoms with Crippen molar-refractivity contribution in [3.8, 4) is 5.75 Å². The first-order valence-electron chi connectivity index (χ1n) is 11.0. The lowest BCUT2D eigenvalue weighted by Crippen LogP contribution is -2.22. The minimum absolute atomic E-state index is 0.235. The minimum Gasteiger partial charge on any atom is -0.497 e. The number of anilines is 2. The Morgan fingerprint density at radius 1 is 1.22 bits per heavy atom. The molecular formula is C23H31N5O3S. The number of benzene rings is 1. The molecule has 172 valence electrons. The molecule has 1 aliphatic heterocycles. The third-order valence-corrected chi connectivity index (χ3v) is 6.94. The molecule has 1 aliphatic carbocycles. The fourth-order valence-corrected chi connectivity index (χ4v) is 5.24. The number of methoxy groups -OCH3 is 2. The van der Waals surface area contributed by atoms with Crippen LogP contribution in [-0.2, 0) is 10.5 Å². The van der Waals surface area contributed by atoms with Gasteiger partial charge in [-0.2, -0.15) is 4.98 Å². The van der Waals surface area contributed by atoms with Crippen molar-refractivity contribution < 1.29 is 14.6 Å². The van der Waals surface area contributed by atoms with Gasteiger partial charge in [0.1, 0.15) is 16.6 Å². The molecule has 2 atom stereocenters. The van der Waals surface area contributed by atoms with E-state index in [9.17, 15) is 5.11 Å². The van der Waals surface area contributed by atoms with Gasteiger partial charge in [0.25, 0.3) is 0 Å². The highest BCUT2D eigenvalue weighted by molar-refractivity contribution is 8.13. The molecule has 2 aliphatic rings. The molecule has 0 amide bonds. The molecule has 1 saturated carbocycles. The van der Waals surface area contributed by atoms with E-state index >= 15 is 0 Å². The number of aliphatic hydroxyl groups excluding tert-OH is 1. The van der Waals surface area contributed by atoms with Crippen LogP contribution in [-0.4, -0.2) is 60.1 Å². The molecule has 2 unspecified atom stereocenters. The lowest BCUT2D eigenvalue weighted by molar-refractivity contribution is 0.210. The molecule has 32 heavy (non-hydrogen) atoms. The number of rotatable bonds is 9. The molecule has 0 bridgehead atoms. The van der Waals surface area contributed by atoms with Crippen LogP contribution in [0.1, 0.15) is 36.1 Å². The SMILES string of the molecule is COCCNc1nc(C)c(C2=Nc3cc(OC)ccc3CS2)c(NC2CCC(CO)C2)n1. The second kappa shape index (κ2) is 10.5. The van der Waals surface area contributed by atoms with Gasteiger partial charge in [0.05, 0.1) is 30.7 Å². The maximum absolute atomic E-state index is 9.54. The Morgan fingerprint density at radius 3 is 2.84 bits per heavy atom. The van der Waals surface area contributed by atoms with Crippen LogP contribution in [0.4, 0.5) is 17.5 Å². The van der Waals surface area contributed by atoms with Crippen molar-refractivity contribution in [1.29, 1.82) is 0 Å². The van der Waals surface area contributed by atoms with Gasteiger partial charge in [-0.15, -0.1) is 11.8 Å². The lowest BCUT2D eigenvalue weighted by atomic mass is 10.1. The van der Waals surface area contributed by atoms with Crippen LogP contribution in [0.5, 0.6) is 5.75 Å². The first-order valence-corrected chi connectivity index (χ1v) is 12.0. The van der Waals surface area contributed by atoms with Gasteiger partial charge >= 0.3 is 0 Å². The van der Waals surface area contributed by atoms with Crippen LogP contribution in [0.3, 0.4) is 0 Å². The zero-order chi connectivity index (χ0) is 22.5. The molecule has 2 aromatic rings. The summed E-state index contributed by atoms with van der Waals surface area (Å²) in [5.41, 5.74) is 3.92. The zero-order valence-corrected chi connectivity index (χ0v) is 19.7. The van der Waals surface area contributed by atoms with E-state index in [1.54, 1.807) is 26.0 Å². The Labute approximate surface area is 193 Å². The Hall–Kier alpha value is -2.36. The molecule has 0 spiro atoms. The second-order valence-corrected chi connectivity index (χ2v) is 9.14. The summed E-state index contributed by atoms with van der Waals surface area (Å²) >= 11 is 1.70. The Bertz CT molecular complexity index is 984. The molecule has 8 nitrogen and oxygen atoms in total. The van der Waals surface area contributed by atoms with E-state index < -0.39 is 0 Å². The predicted molar refractivity (Wildman–Crippen MR) is 129 cm³/mol. The molecule has 1 fully saturated rings. The quantitative estimate of drug-likeness (QED) is 0.490. The number of nitrogens with zero attached hydrogens (tertiary/aromatic N) is 3. The van der Waals surface area contributed by atoms with E-state index in [4.69, 9.17) is 24.4 Å². The van der Waals surface area contributed by atoms with Gasteiger partial charge in [0.15, 0.2) is 0 Å². The molecule has 1 aromatic heterocycles. The van der Waals surface area contributed by atoms with Crippen LogP contribution in [0.25, 0.3) is 0 Å². The van der Waals surface area contributed by atoms with Crippen molar-refractivity contribution in [1.82, 2.24) is 9.97 Å². The Balaban J connectivity index is 1.68. The molecule has 0 saturated heterocycles. The van der Waals surface area contributed by atoms with Crippen LogP contribution >= 0.6 is 11.8 Å². The van der Waals surface area contributed by atoms with Crippen molar-refractivity contribution in [2.24, 2.45) is 10.9 Å². The Kier molecular flexibility index (Phi) is 7.49. The highest BCUT2D eigenvalue weighted by Crippen LogP contribution is 2.38. The number of hydrogen-bond donors (Lipinski definition) is 3. The van der Waals surface area contributed by atoms with Crippen molar-refractivity contribution in [2.45, 2.75) is 38.0 Å². The number of hydrogen-bond acceptors (Lipinski definition) is 9. The highest BCUT2D eigenvalue weighted by atomic mass is 32.2. The average Bonchev–Trinajstić information content (AvgIpc) is 3.26. The molecule has 0 radical (unpaired) electrons. The van der Waals surface area contributed by atoms with E-state index in [2.05, 4.69) is 16.7 Å². The smallest absolute Gasteiger partial charge is 0.224 e. The number of aliphatic imine (C=N–C) groups is 1. The number of nitrogens with one attached hydrogen (secondary N) is 2. The highest BCUT2D eigenvalue weighted by Gasteiger charge is 2.27. The number of aromatic nitrogens is 2. The number of thioether (sulfide) groups is 1. The maximum Gasteiger partial charge on any atom is 0.224 e. The summed E-state index contributed by atoms with van der Waals surface area (Å²) in [7, 11) is 3.34. The van der Waals surface area contributed by atoms with Crippen molar-refractivity contribution in [3.63, 3.8) is 0 Å². The number of fused-ring (bicyclic) bond motifs is 1. The molecule has 2 heterocycles. The third-order valence-electron chi connectivity index (χ3n) is 5.91. The van der Waals surface area contributed by atoms with E-state index in [0.717, 1.165) is 58.6 Å². The van der Waals surface area contributed by atoms with Crippen LogP contribution in [0.2, 0.25) is 0 Å². The van der Waals surface area contributed by atoms with Gasteiger partial charge in [-0.1, -0.05) is 6.07 Å². The number of aryl methyl sites for hydroxylation is 1. The fraction of sp³-hybridized carbons (Fsp3) is 0.522.